The Morgan fingerprint density at radius 2 is 1.90 bits per heavy atom. The molecule has 0 saturated heterocycles. The number of amides is 1. The number of rotatable bonds is 5. The SMILES string of the molecule is CCC(C)(CCO)NC(=O)c1ccc(F)c2ccccc12. The Hall–Kier alpha value is -1.94. The van der Waals surface area contributed by atoms with Crippen LogP contribution in [-0.2, 0) is 0 Å². The molecule has 21 heavy (non-hydrogen) atoms. The molecular formula is C17H20FNO2. The molecule has 2 rings (SSSR count). The quantitative estimate of drug-likeness (QED) is 0.887. The van der Waals surface area contributed by atoms with Gasteiger partial charge in [0, 0.05) is 23.1 Å². The average molecular weight is 289 g/mol. The molecule has 1 atom stereocenters. The third-order valence-corrected chi connectivity index (χ3v) is 3.97. The monoisotopic (exact) mass is 289 g/mol. The highest BCUT2D eigenvalue weighted by Crippen LogP contribution is 2.23. The van der Waals surface area contributed by atoms with Gasteiger partial charge in [-0.15, -0.1) is 0 Å². The molecule has 0 bridgehead atoms. The van der Waals surface area contributed by atoms with Crippen molar-refractivity contribution in [2.24, 2.45) is 0 Å². The number of aliphatic hydroxyl groups is 1. The van der Waals surface area contributed by atoms with Gasteiger partial charge < -0.3 is 10.4 Å². The summed E-state index contributed by atoms with van der Waals surface area (Å²) in [6.45, 7) is 3.86. The molecule has 1 amide bonds. The van der Waals surface area contributed by atoms with E-state index in [2.05, 4.69) is 5.32 Å². The van der Waals surface area contributed by atoms with Gasteiger partial charge in [0.2, 0.25) is 0 Å². The first-order chi connectivity index (χ1) is 10.0. The average Bonchev–Trinajstić information content (AvgIpc) is 2.48. The molecule has 112 valence electrons. The van der Waals surface area contributed by atoms with Crippen LogP contribution in [0.3, 0.4) is 0 Å². The van der Waals surface area contributed by atoms with Crippen molar-refractivity contribution in [1.29, 1.82) is 0 Å². The van der Waals surface area contributed by atoms with Crippen molar-refractivity contribution in [2.45, 2.75) is 32.2 Å². The van der Waals surface area contributed by atoms with Crippen molar-refractivity contribution in [3.05, 3.63) is 47.8 Å². The van der Waals surface area contributed by atoms with Crippen LogP contribution in [0.5, 0.6) is 0 Å². The Morgan fingerprint density at radius 1 is 1.24 bits per heavy atom. The first-order valence-electron chi connectivity index (χ1n) is 7.11. The van der Waals surface area contributed by atoms with E-state index in [1.807, 2.05) is 13.8 Å². The van der Waals surface area contributed by atoms with Crippen molar-refractivity contribution in [3.63, 3.8) is 0 Å². The van der Waals surface area contributed by atoms with Crippen molar-refractivity contribution in [1.82, 2.24) is 5.32 Å². The van der Waals surface area contributed by atoms with E-state index in [4.69, 9.17) is 5.11 Å². The molecule has 3 nitrogen and oxygen atoms in total. The number of fused-ring (bicyclic) bond motifs is 1. The van der Waals surface area contributed by atoms with Crippen molar-refractivity contribution >= 4 is 16.7 Å². The highest BCUT2D eigenvalue weighted by atomic mass is 19.1. The molecular weight excluding hydrogens is 269 g/mol. The Bertz CT molecular complexity index is 656. The van der Waals surface area contributed by atoms with Crippen LogP contribution in [0, 0.1) is 5.82 Å². The maximum atomic E-state index is 13.8. The van der Waals surface area contributed by atoms with Crippen LogP contribution in [0.15, 0.2) is 36.4 Å². The van der Waals surface area contributed by atoms with E-state index in [9.17, 15) is 9.18 Å². The fraction of sp³-hybridized carbons (Fsp3) is 0.353. The van der Waals surface area contributed by atoms with E-state index < -0.39 is 5.54 Å². The second-order valence-electron chi connectivity index (χ2n) is 5.48. The van der Waals surface area contributed by atoms with Gasteiger partial charge in [0.15, 0.2) is 0 Å². The molecule has 2 N–H and O–H groups in total. The molecule has 0 saturated carbocycles. The maximum Gasteiger partial charge on any atom is 0.252 e. The molecule has 0 aliphatic carbocycles. The molecule has 0 aromatic heterocycles. The topological polar surface area (TPSA) is 49.3 Å². The molecule has 2 aromatic carbocycles. The van der Waals surface area contributed by atoms with E-state index in [-0.39, 0.29) is 18.3 Å². The smallest absolute Gasteiger partial charge is 0.252 e. The van der Waals surface area contributed by atoms with Crippen molar-refractivity contribution in [2.75, 3.05) is 6.61 Å². The molecule has 0 aliphatic rings. The number of nitrogens with one attached hydrogen (secondary N) is 1. The molecule has 0 heterocycles. The summed E-state index contributed by atoms with van der Waals surface area (Å²) in [5, 5.41) is 13.1. The highest BCUT2D eigenvalue weighted by Gasteiger charge is 2.25. The van der Waals surface area contributed by atoms with Gasteiger partial charge in [-0.3, -0.25) is 4.79 Å². The minimum atomic E-state index is -0.471. The van der Waals surface area contributed by atoms with Gasteiger partial charge in [0.05, 0.1) is 0 Å². The predicted octanol–water partition coefficient (Wildman–Crippen LogP) is 3.26. The van der Waals surface area contributed by atoms with Crippen molar-refractivity contribution < 1.29 is 14.3 Å². The lowest BCUT2D eigenvalue weighted by atomic mass is 9.93. The summed E-state index contributed by atoms with van der Waals surface area (Å²) in [7, 11) is 0. The zero-order valence-electron chi connectivity index (χ0n) is 12.3. The lowest BCUT2D eigenvalue weighted by molar-refractivity contribution is 0.0888. The summed E-state index contributed by atoms with van der Waals surface area (Å²) in [6, 6.07) is 9.74. The molecule has 0 aliphatic heterocycles. The Kier molecular flexibility index (Phi) is 4.58. The number of carbonyl (C=O) groups excluding carboxylic acids is 1. The Morgan fingerprint density at radius 3 is 2.52 bits per heavy atom. The summed E-state index contributed by atoms with van der Waals surface area (Å²) in [6.07, 6.45) is 1.19. The van der Waals surface area contributed by atoms with Gasteiger partial charge in [-0.05, 0) is 37.3 Å². The first kappa shape index (κ1) is 15.4. The second-order valence-corrected chi connectivity index (χ2v) is 5.48. The first-order valence-corrected chi connectivity index (χ1v) is 7.11. The number of carbonyl (C=O) groups is 1. The summed E-state index contributed by atoms with van der Waals surface area (Å²) in [4.78, 5) is 12.5. The van der Waals surface area contributed by atoms with E-state index in [0.29, 0.717) is 29.2 Å². The third kappa shape index (κ3) is 3.22. The Balaban J connectivity index is 2.38. The fourth-order valence-electron chi connectivity index (χ4n) is 2.38. The Labute approximate surface area is 123 Å². The highest BCUT2D eigenvalue weighted by molar-refractivity contribution is 6.07. The van der Waals surface area contributed by atoms with Crippen LogP contribution in [0.1, 0.15) is 37.0 Å². The van der Waals surface area contributed by atoms with Crippen LogP contribution >= 0.6 is 0 Å². The van der Waals surface area contributed by atoms with Gasteiger partial charge >= 0.3 is 0 Å². The number of hydrogen-bond acceptors (Lipinski definition) is 2. The van der Waals surface area contributed by atoms with E-state index >= 15 is 0 Å². The number of halogens is 1. The number of hydrogen-bond donors (Lipinski definition) is 2. The van der Waals surface area contributed by atoms with Gasteiger partial charge in [0.1, 0.15) is 5.82 Å². The summed E-state index contributed by atoms with van der Waals surface area (Å²) >= 11 is 0. The number of benzene rings is 2. The van der Waals surface area contributed by atoms with E-state index in [0.717, 1.165) is 0 Å². The zero-order valence-corrected chi connectivity index (χ0v) is 12.3. The summed E-state index contributed by atoms with van der Waals surface area (Å²) in [5.74, 6) is -0.584. The molecule has 1 unspecified atom stereocenters. The number of aliphatic hydroxyl groups excluding tert-OH is 1. The predicted molar refractivity (Wildman–Crippen MR) is 81.8 cm³/mol. The van der Waals surface area contributed by atoms with Crippen LogP contribution in [-0.4, -0.2) is 23.2 Å². The van der Waals surface area contributed by atoms with Gasteiger partial charge in [0.25, 0.3) is 5.91 Å². The molecule has 0 fully saturated rings. The lowest BCUT2D eigenvalue weighted by Crippen LogP contribution is -2.46. The molecule has 4 heteroatoms. The normalized spacial score (nSPS) is 13.9. The minimum Gasteiger partial charge on any atom is -0.396 e. The third-order valence-electron chi connectivity index (χ3n) is 3.97. The van der Waals surface area contributed by atoms with Crippen LogP contribution < -0.4 is 5.32 Å². The molecule has 0 spiro atoms. The largest absolute Gasteiger partial charge is 0.396 e. The fourth-order valence-corrected chi connectivity index (χ4v) is 2.38. The standard InChI is InChI=1S/C17H20FNO2/c1-3-17(2,10-11-20)19-16(21)14-8-9-15(18)13-7-5-4-6-12(13)14/h4-9,20H,3,10-11H2,1-2H3,(H,19,21). The maximum absolute atomic E-state index is 13.8. The van der Waals surface area contributed by atoms with Crippen LogP contribution in [0.25, 0.3) is 10.8 Å². The van der Waals surface area contributed by atoms with Crippen LogP contribution in [0.2, 0.25) is 0 Å². The summed E-state index contributed by atoms with van der Waals surface area (Å²) < 4.78 is 13.8. The molecule has 2 aromatic rings. The zero-order chi connectivity index (χ0) is 15.5. The van der Waals surface area contributed by atoms with E-state index in [1.165, 1.54) is 12.1 Å². The summed E-state index contributed by atoms with van der Waals surface area (Å²) in [5.41, 5.74) is -0.0222. The van der Waals surface area contributed by atoms with Crippen molar-refractivity contribution in [3.8, 4) is 0 Å². The van der Waals surface area contributed by atoms with Gasteiger partial charge in [-0.1, -0.05) is 31.2 Å². The lowest BCUT2D eigenvalue weighted by Gasteiger charge is -2.29. The minimum absolute atomic E-state index is 0.00872. The second kappa shape index (κ2) is 6.22. The van der Waals surface area contributed by atoms with Crippen LogP contribution in [0.4, 0.5) is 4.39 Å². The van der Waals surface area contributed by atoms with Gasteiger partial charge in [-0.2, -0.15) is 0 Å². The van der Waals surface area contributed by atoms with Gasteiger partial charge in [-0.25, -0.2) is 4.39 Å². The van der Waals surface area contributed by atoms with E-state index in [1.54, 1.807) is 24.3 Å². The molecule has 0 radical (unpaired) electrons.